The van der Waals surface area contributed by atoms with Gasteiger partial charge in [-0.3, -0.25) is 0 Å². The Balaban J connectivity index is 0.00000242. The minimum Gasteiger partial charge on any atom is -0.504 e. The van der Waals surface area contributed by atoms with Crippen LogP contribution in [0, 0.1) is 6.92 Å². The van der Waals surface area contributed by atoms with E-state index in [4.69, 9.17) is 10.5 Å². The van der Waals surface area contributed by atoms with Crippen molar-refractivity contribution in [3.8, 4) is 11.5 Å². The van der Waals surface area contributed by atoms with Gasteiger partial charge in [-0.1, -0.05) is 29.8 Å². The van der Waals surface area contributed by atoms with Crippen LogP contribution in [-0.4, -0.2) is 18.2 Å². The van der Waals surface area contributed by atoms with Gasteiger partial charge in [-0.25, -0.2) is 4.99 Å². The molecule has 0 aromatic heterocycles. The van der Waals surface area contributed by atoms with E-state index in [9.17, 15) is 5.11 Å². The number of anilines is 1. The number of methoxy groups -OCH3 is 1. The standard InChI is InChI=1S/C16H19N3O2.HI/c1-11-6-8-13(9-7-11)19-16(17)18-10-12-4-3-5-14(21-2)15(12)20;/h3-9,20H,10H2,1-2H3,(H3,17,18,19);1H. The predicted octanol–water partition coefficient (Wildman–Crippen LogP) is 3.25. The first-order valence-corrected chi connectivity index (χ1v) is 6.58. The maximum atomic E-state index is 9.97. The number of rotatable bonds is 4. The summed E-state index contributed by atoms with van der Waals surface area (Å²) in [5.74, 6) is 0.806. The summed E-state index contributed by atoms with van der Waals surface area (Å²) in [5, 5.41) is 13.0. The van der Waals surface area contributed by atoms with Gasteiger partial charge >= 0.3 is 0 Å². The van der Waals surface area contributed by atoms with Crippen molar-refractivity contribution in [3.05, 3.63) is 53.6 Å². The van der Waals surface area contributed by atoms with E-state index in [-0.39, 0.29) is 36.3 Å². The number of nitrogens with one attached hydrogen (secondary N) is 1. The molecule has 0 saturated heterocycles. The number of phenolic OH excluding ortho intramolecular Hbond substituents is 1. The van der Waals surface area contributed by atoms with E-state index < -0.39 is 0 Å². The van der Waals surface area contributed by atoms with Crippen molar-refractivity contribution in [1.29, 1.82) is 0 Å². The quantitative estimate of drug-likeness (QED) is 0.409. The number of ether oxygens (including phenoxy) is 1. The van der Waals surface area contributed by atoms with E-state index in [1.165, 1.54) is 12.7 Å². The molecule has 0 spiro atoms. The highest BCUT2D eigenvalue weighted by Gasteiger charge is 2.06. The molecule has 2 aromatic carbocycles. The van der Waals surface area contributed by atoms with Gasteiger partial charge in [0.25, 0.3) is 0 Å². The number of aryl methyl sites for hydroxylation is 1. The Kier molecular flexibility index (Phi) is 6.97. The van der Waals surface area contributed by atoms with E-state index in [0.717, 1.165) is 5.69 Å². The van der Waals surface area contributed by atoms with Crippen LogP contribution in [-0.2, 0) is 6.54 Å². The third-order valence-corrected chi connectivity index (χ3v) is 3.05. The average molecular weight is 413 g/mol. The first kappa shape index (κ1) is 18.1. The van der Waals surface area contributed by atoms with Gasteiger partial charge < -0.3 is 20.9 Å². The lowest BCUT2D eigenvalue weighted by Crippen LogP contribution is -2.22. The predicted molar refractivity (Wildman–Crippen MR) is 100 cm³/mol. The molecule has 0 atom stereocenters. The zero-order valence-electron chi connectivity index (χ0n) is 12.5. The van der Waals surface area contributed by atoms with Crippen LogP contribution in [0.2, 0.25) is 0 Å². The number of aliphatic imine (C=N–C) groups is 1. The zero-order valence-corrected chi connectivity index (χ0v) is 14.9. The lowest BCUT2D eigenvalue weighted by atomic mass is 10.2. The summed E-state index contributed by atoms with van der Waals surface area (Å²) < 4.78 is 5.05. The second kappa shape index (κ2) is 8.47. The molecule has 0 aliphatic heterocycles. The van der Waals surface area contributed by atoms with Crippen LogP contribution in [0.15, 0.2) is 47.5 Å². The van der Waals surface area contributed by atoms with E-state index in [2.05, 4.69) is 10.3 Å². The van der Waals surface area contributed by atoms with E-state index in [1.54, 1.807) is 18.2 Å². The monoisotopic (exact) mass is 413 g/mol. The van der Waals surface area contributed by atoms with Crippen molar-refractivity contribution in [1.82, 2.24) is 0 Å². The third-order valence-electron chi connectivity index (χ3n) is 3.05. The Morgan fingerprint density at radius 2 is 1.91 bits per heavy atom. The first-order valence-electron chi connectivity index (χ1n) is 6.58. The maximum absolute atomic E-state index is 9.97. The molecule has 0 unspecified atom stereocenters. The maximum Gasteiger partial charge on any atom is 0.193 e. The van der Waals surface area contributed by atoms with Gasteiger partial charge in [0, 0.05) is 11.3 Å². The number of hydrogen-bond donors (Lipinski definition) is 3. The molecule has 0 radical (unpaired) electrons. The zero-order chi connectivity index (χ0) is 15.2. The molecule has 4 N–H and O–H groups in total. The number of nitrogens with zero attached hydrogens (tertiary/aromatic N) is 1. The van der Waals surface area contributed by atoms with E-state index >= 15 is 0 Å². The largest absolute Gasteiger partial charge is 0.504 e. The third kappa shape index (κ3) is 4.80. The lowest BCUT2D eigenvalue weighted by molar-refractivity contribution is 0.370. The van der Waals surface area contributed by atoms with Crippen molar-refractivity contribution in [2.75, 3.05) is 12.4 Å². The molecular formula is C16H20IN3O2. The van der Waals surface area contributed by atoms with Gasteiger partial charge in [0.2, 0.25) is 0 Å². The molecule has 0 saturated carbocycles. The Labute approximate surface area is 147 Å². The summed E-state index contributed by atoms with van der Waals surface area (Å²) in [6.45, 7) is 2.29. The fourth-order valence-electron chi connectivity index (χ4n) is 1.85. The molecule has 22 heavy (non-hydrogen) atoms. The summed E-state index contributed by atoms with van der Waals surface area (Å²) in [6.07, 6.45) is 0. The number of nitrogens with two attached hydrogens (primary N) is 1. The highest BCUT2D eigenvalue weighted by Crippen LogP contribution is 2.29. The second-order valence-electron chi connectivity index (χ2n) is 4.66. The highest BCUT2D eigenvalue weighted by atomic mass is 127. The van der Waals surface area contributed by atoms with E-state index in [1.807, 2.05) is 31.2 Å². The van der Waals surface area contributed by atoms with Gasteiger partial charge in [-0.05, 0) is 25.1 Å². The van der Waals surface area contributed by atoms with Crippen molar-refractivity contribution in [3.63, 3.8) is 0 Å². The van der Waals surface area contributed by atoms with Crippen molar-refractivity contribution >= 4 is 35.6 Å². The first-order chi connectivity index (χ1) is 10.1. The Hall–Kier alpha value is -1.96. The average Bonchev–Trinajstić information content (AvgIpc) is 2.48. The Morgan fingerprint density at radius 3 is 2.55 bits per heavy atom. The fraction of sp³-hybridized carbons (Fsp3) is 0.188. The smallest absolute Gasteiger partial charge is 0.193 e. The number of hydrogen-bond acceptors (Lipinski definition) is 3. The van der Waals surface area contributed by atoms with Crippen LogP contribution in [0.5, 0.6) is 11.5 Å². The van der Waals surface area contributed by atoms with Crippen molar-refractivity contribution in [2.24, 2.45) is 10.7 Å². The van der Waals surface area contributed by atoms with Gasteiger partial charge in [0.15, 0.2) is 17.5 Å². The summed E-state index contributed by atoms with van der Waals surface area (Å²) in [6, 6.07) is 13.1. The minimum absolute atomic E-state index is 0. The number of aromatic hydroxyl groups is 1. The molecule has 0 aliphatic rings. The summed E-state index contributed by atoms with van der Waals surface area (Å²) in [7, 11) is 1.51. The van der Waals surface area contributed by atoms with Gasteiger partial charge in [-0.15, -0.1) is 24.0 Å². The number of benzene rings is 2. The van der Waals surface area contributed by atoms with Gasteiger partial charge in [0.1, 0.15) is 0 Å². The van der Waals surface area contributed by atoms with E-state index in [0.29, 0.717) is 17.3 Å². The molecular weight excluding hydrogens is 393 g/mol. The van der Waals surface area contributed by atoms with Crippen molar-refractivity contribution in [2.45, 2.75) is 13.5 Å². The number of halogens is 1. The Morgan fingerprint density at radius 1 is 1.23 bits per heavy atom. The second-order valence-corrected chi connectivity index (χ2v) is 4.66. The Bertz CT molecular complexity index is 642. The minimum atomic E-state index is 0. The lowest BCUT2D eigenvalue weighted by Gasteiger charge is -2.08. The molecule has 2 rings (SSSR count). The molecule has 2 aromatic rings. The molecule has 0 heterocycles. The molecule has 6 heteroatoms. The molecule has 118 valence electrons. The van der Waals surface area contributed by atoms with Crippen LogP contribution in [0.25, 0.3) is 0 Å². The van der Waals surface area contributed by atoms with Crippen LogP contribution in [0.1, 0.15) is 11.1 Å². The molecule has 0 aliphatic carbocycles. The van der Waals surface area contributed by atoms with Crippen LogP contribution in [0.4, 0.5) is 5.69 Å². The van der Waals surface area contributed by atoms with Gasteiger partial charge in [0.05, 0.1) is 13.7 Å². The van der Waals surface area contributed by atoms with Crippen LogP contribution < -0.4 is 15.8 Å². The summed E-state index contributed by atoms with van der Waals surface area (Å²) >= 11 is 0. The fourth-order valence-corrected chi connectivity index (χ4v) is 1.85. The molecule has 0 amide bonds. The van der Waals surface area contributed by atoms with Crippen LogP contribution in [0.3, 0.4) is 0 Å². The SMILES string of the molecule is COc1cccc(CN=C(N)Nc2ccc(C)cc2)c1O.I. The molecule has 5 nitrogen and oxygen atoms in total. The van der Waals surface area contributed by atoms with Gasteiger partial charge in [-0.2, -0.15) is 0 Å². The number of phenols is 1. The van der Waals surface area contributed by atoms with Crippen LogP contribution >= 0.6 is 24.0 Å². The summed E-state index contributed by atoms with van der Waals surface area (Å²) in [4.78, 5) is 4.22. The highest BCUT2D eigenvalue weighted by molar-refractivity contribution is 14.0. The normalized spacial score (nSPS) is 10.7. The molecule has 0 fully saturated rings. The van der Waals surface area contributed by atoms with Crippen molar-refractivity contribution < 1.29 is 9.84 Å². The number of guanidine groups is 1. The summed E-state index contributed by atoms with van der Waals surface area (Å²) in [5.41, 5.74) is 8.54. The topological polar surface area (TPSA) is 79.9 Å². The number of para-hydroxylation sites is 1. The molecule has 0 bridgehead atoms.